The first kappa shape index (κ1) is 13.8. The van der Waals surface area contributed by atoms with Crippen molar-refractivity contribution in [2.24, 2.45) is 11.5 Å². The second-order valence-corrected chi connectivity index (χ2v) is 5.07. The van der Waals surface area contributed by atoms with Crippen molar-refractivity contribution in [3.8, 4) is 0 Å². The highest BCUT2D eigenvalue weighted by Crippen LogP contribution is 2.29. The Labute approximate surface area is 119 Å². The maximum absolute atomic E-state index is 11.3. The molecule has 0 unspecified atom stereocenters. The number of rotatable bonds is 4. The molecular formula is C14H13N3O2S. The number of thiophene rings is 1. The molecule has 0 radical (unpaired) electrons. The zero-order valence-electron chi connectivity index (χ0n) is 10.5. The molecule has 0 saturated heterocycles. The quantitative estimate of drug-likeness (QED) is 0.805. The number of hydrogen-bond acceptors (Lipinski definition) is 3. The lowest BCUT2D eigenvalue weighted by Gasteiger charge is -1.98. The first-order chi connectivity index (χ1) is 9.56. The summed E-state index contributed by atoms with van der Waals surface area (Å²) in [7, 11) is 0. The fourth-order valence-electron chi connectivity index (χ4n) is 1.62. The maximum Gasteiger partial charge on any atom is 0.317 e. The van der Waals surface area contributed by atoms with Crippen LogP contribution < -0.4 is 16.8 Å². The Morgan fingerprint density at radius 2 is 1.80 bits per heavy atom. The molecule has 0 aliphatic carbocycles. The van der Waals surface area contributed by atoms with Crippen molar-refractivity contribution >= 4 is 40.4 Å². The van der Waals surface area contributed by atoms with Crippen LogP contribution in [0.4, 0.5) is 9.80 Å². The van der Waals surface area contributed by atoms with Crippen molar-refractivity contribution in [1.29, 1.82) is 0 Å². The van der Waals surface area contributed by atoms with Crippen LogP contribution in [-0.4, -0.2) is 11.9 Å². The van der Waals surface area contributed by atoms with Gasteiger partial charge in [0.2, 0.25) is 0 Å². The summed E-state index contributed by atoms with van der Waals surface area (Å²) in [5, 5.41) is 2.75. The van der Waals surface area contributed by atoms with Gasteiger partial charge < -0.3 is 11.5 Å². The number of amides is 3. The van der Waals surface area contributed by atoms with Gasteiger partial charge in [-0.05, 0) is 17.7 Å². The largest absolute Gasteiger partial charge is 0.366 e. The first-order valence-electron chi connectivity index (χ1n) is 5.79. The molecule has 1 aromatic carbocycles. The summed E-state index contributed by atoms with van der Waals surface area (Å²) < 4.78 is 0. The van der Waals surface area contributed by atoms with Crippen molar-refractivity contribution in [2.75, 3.05) is 5.32 Å². The molecule has 0 spiro atoms. The third-order valence-corrected chi connectivity index (χ3v) is 3.51. The fraction of sp³-hybridized carbons (Fsp3) is 0. The van der Waals surface area contributed by atoms with Crippen molar-refractivity contribution in [1.82, 2.24) is 0 Å². The molecule has 0 bridgehead atoms. The predicted molar refractivity (Wildman–Crippen MR) is 81.4 cm³/mol. The molecule has 2 aromatic rings. The van der Waals surface area contributed by atoms with Crippen LogP contribution in [0.5, 0.6) is 0 Å². The van der Waals surface area contributed by atoms with E-state index in [1.165, 1.54) is 11.3 Å². The normalized spacial score (nSPS) is 10.6. The van der Waals surface area contributed by atoms with Crippen LogP contribution in [0.2, 0.25) is 0 Å². The lowest BCUT2D eigenvalue weighted by molar-refractivity contribution is 0.100. The highest BCUT2D eigenvalue weighted by molar-refractivity contribution is 7.17. The van der Waals surface area contributed by atoms with Crippen LogP contribution in [0.25, 0.3) is 12.2 Å². The van der Waals surface area contributed by atoms with Crippen LogP contribution >= 0.6 is 11.3 Å². The second kappa shape index (κ2) is 6.03. The van der Waals surface area contributed by atoms with E-state index in [1.54, 1.807) is 6.07 Å². The number of hydrogen-bond donors (Lipinski definition) is 3. The molecule has 1 aromatic heterocycles. The maximum atomic E-state index is 11.3. The Morgan fingerprint density at radius 3 is 2.40 bits per heavy atom. The van der Waals surface area contributed by atoms with E-state index < -0.39 is 11.9 Å². The molecule has 2 rings (SSSR count). The molecule has 5 N–H and O–H groups in total. The van der Waals surface area contributed by atoms with Crippen molar-refractivity contribution in [2.45, 2.75) is 0 Å². The Balaban J connectivity index is 2.27. The SMILES string of the molecule is NC(=O)Nc1sc(/C=C/c2ccccc2)cc1C(N)=O. The predicted octanol–water partition coefficient (Wildman–Crippen LogP) is 2.51. The number of urea groups is 1. The summed E-state index contributed by atoms with van der Waals surface area (Å²) in [5.41, 5.74) is 11.6. The van der Waals surface area contributed by atoms with Crippen LogP contribution in [0.1, 0.15) is 20.8 Å². The van der Waals surface area contributed by atoms with E-state index in [2.05, 4.69) is 5.32 Å². The van der Waals surface area contributed by atoms with Crippen molar-refractivity contribution in [3.63, 3.8) is 0 Å². The van der Waals surface area contributed by atoms with E-state index in [9.17, 15) is 9.59 Å². The van der Waals surface area contributed by atoms with E-state index in [1.807, 2.05) is 42.5 Å². The molecular weight excluding hydrogens is 274 g/mol. The molecule has 0 saturated carbocycles. The van der Waals surface area contributed by atoms with Crippen LogP contribution in [0.15, 0.2) is 36.4 Å². The van der Waals surface area contributed by atoms with Crippen LogP contribution in [0, 0.1) is 0 Å². The third-order valence-electron chi connectivity index (χ3n) is 2.49. The molecule has 3 amide bonds. The Hall–Kier alpha value is -2.60. The number of anilines is 1. The lowest BCUT2D eigenvalue weighted by atomic mass is 10.2. The van der Waals surface area contributed by atoms with Gasteiger partial charge in [-0.15, -0.1) is 11.3 Å². The molecule has 102 valence electrons. The summed E-state index contributed by atoms with van der Waals surface area (Å²) in [6.07, 6.45) is 3.75. The molecule has 0 atom stereocenters. The Kier molecular flexibility index (Phi) is 4.17. The second-order valence-electron chi connectivity index (χ2n) is 3.99. The van der Waals surface area contributed by atoms with Crippen LogP contribution in [0.3, 0.4) is 0 Å². The van der Waals surface area contributed by atoms with Crippen LogP contribution in [-0.2, 0) is 0 Å². The fourth-order valence-corrected chi connectivity index (χ4v) is 2.59. The van der Waals surface area contributed by atoms with Gasteiger partial charge in [0.15, 0.2) is 0 Å². The zero-order chi connectivity index (χ0) is 14.5. The Morgan fingerprint density at radius 1 is 1.10 bits per heavy atom. The number of carbonyl (C=O) groups is 2. The van der Waals surface area contributed by atoms with E-state index in [0.717, 1.165) is 10.4 Å². The van der Waals surface area contributed by atoms with Crippen molar-refractivity contribution < 1.29 is 9.59 Å². The minimum atomic E-state index is -0.729. The number of primary amides is 2. The lowest BCUT2D eigenvalue weighted by Crippen LogP contribution is -2.21. The average Bonchev–Trinajstić information content (AvgIpc) is 2.80. The highest BCUT2D eigenvalue weighted by atomic mass is 32.1. The standard InChI is InChI=1S/C14H13N3O2S/c15-12(18)11-8-10(20-13(11)17-14(16)19)7-6-9-4-2-1-3-5-9/h1-8H,(H2,15,18)(H3,16,17,19)/b7-6+. The summed E-state index contributed by atoms with van der Waals surface area (Å²) in [6.45, 7) is 0. The number of carbonyl (C=O) groups excluding carboxylic acids is 2. The molecule has 0 aliphatic rings. The van der Waals surface area contributed by atoms with Gasteiger partial charge in [-0.3, -0.25) is 10.1 Å². The van der Waals surface area contributed by atoms with Gasteiger partial charge in [0.25, 0.3) is 5.91 Å². The number of nitrogens with two attached hydrogens (primary N) is 2. The third kappa shape index (κ3) is 3.46. The van der Waals surface area contributed by atoms with E-state index >= 15 is 0 Å². The van der Waals surface area contributed by atoms with Gasteiger partial charge in [0.05, 0.1) is 5.56 Å². The van der Waals surface area contributed by atoms with Gasteiger partial charge >= 0.3 is 6.03 Å². The average molecular weight is 287 g/mol. The van der Waals surface area contributed by atoms with Crippen molar-refractivity contribution in [3.05, 3.63) is 52.4 Å². The minimum absolute atomic E-state index is 0.251. The topological polar surface area (TPSA) is 98.2 Å². The summed E-state index contributed by atoms with van der Waals surface area (Å²) >= 11 is 1.24. The molecule has 20 heavy (non-hydrogen) atoms. The minimum Gasteiger partial charge on any atom is -0.366 e. The monoisotopic (exact) mass is 287 g/mol. The van der Waals surface area contributed by atoms with E-state index in [4.69, 9.17) is 11.5 Å². The number of nitrogens with one attached hydrogen (secondary N) is 1. The molecule has 5 nitrogen and oxygen atoms in total. The summed E-state index contributed by atoms with van der Waals surface area (Å²) in [5.74, 6) is -0.607. The van der Waals surface area contributed by atoms with Gasteiger partial charge in [0.1, 0.15) is 5.00 Å². The van der Waals surface area contributed by atoms with Gasteiger partial charge in [0, 0.05) is 4.88 Å². The molecule has 0 fully saturated rings. The van der Waals surface area contributed by atoms with Gasteiger partial charge in [-0.25, -0.2) is 4.79 Å². The Bertz CT molecular complexity index is 662. The zero-order valence-corrected chi connectivity index (χ0v) is 11.3. The highest BCUT2D eigenvalue weighted by Gasteiger charge is 2.13. The number of benzene rings is 1. The first-order valence-corrected chi connectivity index (χ1v) is 6.61. The summed E-state index contributed by atoms with van der Waals surface area (Å²) in [4.78, 5) is 23.0. The van der Waals surface area contributed by atoms with E-state index in [0.29, 0.717) is 5.00 Å². The van der Waals surface area contributed by atoms with Gasteiger partial charge in [-0.2, -0.15) is 0 Å². The summed E-state index contributed by atoms with van der Waals surface area (Å²) in [6, 6.07) is 10.6. The molecule has 1 heterocycles. The van der Waals surface area contributed by atoms with Gasteiger partial charge in [-0.1, -0.05) is 36.4 Å². The van der Waals surface area contributed by atoms with E-state index in [-0.39, 0.29) is 5.56 Å². The molecule has 6 heteroatoms. The smallest absolute Gasteiger partial charge is 0.317 e. The molecule has 0 aliphatic heterocycles.